The predicted molar refractivity (Wildman–Crippen MR) is 68.8 cm³/mol. The lowest BCUT2D eigenvalue weighted by Crippen LogP contribution is -2.51. The van der Waals surface area contributed by atoms with E-state index in [1.807, 2.05) is 29.2 Å². The summed E-state index contributed by atoms with van der Waals surface area (Å²) >= 11 is 0. The Balaban J connectivity index is 1.76. The second-order valence-corrected chi connectivity index (χ2v) is 4.53. The van der Waals surface area contributed by atoms with Crippen molar-refractivity contribution in [3.63, 3.8) is 0 Å². The highest BCUT2D eigenvalue weighted by Crippen LogP contribution is 2.08. The summed E-state index contributed by atoms with van der Waals surface area (Å²) in [5, 5.41) is 2.29. The van der Waals surface area contributed by atoms with Crippen molar-refractivity contribution in [2.45, 2.75) is 12.8 Å². The van der Waals surface area contributed by atoms with Crippen LogP contribution in [0.15, 0.2) is 24.3 Å². The van der Waals surface area contributed by atoms with Crippen LogP contribution in [0.1, 0.15) is 12.0 Å². The van der Waals surface area contributed by atoms with E-state index in [0.717, 1.165) is 25.1 Å². The van der Waals surface area contributed by atoms with Crippen molar-refractivity contribution in [3.05, 3.63) is 29.8 Å². The third-order valence-corrected chi connectivity index (χ3v) is 2.93. The molecule has 0 spiro atoms. The van der Waals surface area contributed by atoms with Gasteiger partial charge in [-0.1, -0.05) is 12.1 Å². The first-order chi connectivity index (χ1) is 8.63. The molecule has 5 heteroatoms. The van der Waals surface area contributed by atoms with Crippen molar-refractivity contribution in [2.75, 3.05) is 25.4 Å². The van der Waals surface area contributed by atoms with Gasteiger partial charge in [0.05, 0.1) is 13.1 Å². The van der Waals surface area contributed by atoms with Gasteiger partial charge in [0.15, 0.2) is 0 Å². The van der Waals surface area contributed by atoms with Crippen LogP contribution in [-0.4, -0.2) is 36.3 Å². The zero-order valence-corrected chi connectivity index (χ0v) is 10.2. The fraction of sp³-hybridized carbons (Fsp3) is 0.385. The molecule has 1 aromatic rings. The Morgan fingerprint density at radius 2 is 1.72 bits per heavy atom. The lowest BCUT2D eigenvalue weighted by molar-refractivity contribution is -0.136. The van der Waals surface area contributed by atoms with Crippen LogP contribution in [0, 0.1) is 0 Å². The van der Waals surface area contributed by atoms with Crippen LogP contribution in [0.2, 0.25) is 0 Å². The van der Waals surface area contributed by atoms with E-state index in [0.29, 0.717) is 13.1 Å². The summed E-state index contributed by atoms with van der Waals surface area (Å²) in [5.41, 5.74) is 7.59. The summed E-state index contributed by atoms with van der Waals surface area (Å²) in [5.74, 6) is -0.419. The smallest absolute Gasteiger partial charge is 0.240 e. The van der Waals surface area contributed by atoms with Gasteiger partial charge < -0.3 is 5.73 Å². The molecule has 18 heavy (non-hydrogen) atoms. The Morgan fingerprint density at radius 1 is 1.11 bits per heavy atom. The van der Waals surface area contributed by atoms with E-state index >= 15 is 0 Å². The number of imide groups is 1. The molecule has 0 atom stereocenters. The maximum absolute atomic E-state index is 11.2. The van der Waals surface area contributed by atoms with Crippen LogP contribution in [0.25, 0.3) is 0 Å². The number of rotatable bonds is 4. The number of nitrogens with zero attached hydrogens (tertiary/aromatic N) is 1. The molecule has 0 aromatic heterocycles. The Kier molecular flexibility index (Phi) is 3.94. The predicted octanol–water partition coefficient (Wildman–Crippen LogP) is 0.160. The first-order valence-electron chi connectivity index (χ1n) is 6.03. The Hall–Kier alpha value is -1.88. The number of hydrogen-bond acceptors (Lipinski definition) is 4. The molecule has 0 radical (unpaired) electrons. The molecule has 1 aromatic carbocycles. The summed E-state index contributed by atoms with van der Waals surface area (Å²) in [6.45, 7) is 1.38. The zero-order chi connectivity index (χ0) is 13.0. The van der Waals surface area contributed by atoms with E-state index in [4.69, 9.17) is 5.73 Å². The van der Waals surface area contributed by atoms with E-state index in [9.17, 15) is 9.59 Å². The highest BCUT2D eigenvalue weighted by atomic mass is 16.2. The summed E-state index contributed by atoms with van der Waals surface area (Å²) in [6, 6.07) is 7.77. The number of carbonyl (C=O) groups is 2. The van der Waals surface area contributed by atoms with Crippen LogP contribution in [0.4, 0.5) is 5.69 Å². The molecule has 0 unspecified atom stereocenters. The number of aryl methyl sites for hydroxylation is 1. The van der Waals surface area contributed by atoms with Crippen LogP contribution >= 0.6 is 0 Å². The fourth-order valence-corrected chi connectivity index (χ4v) is 2.05. The summed E-state index contributed by atoms with van der Waals surface area (Å²) < 4.78 is 0. The number of piperazine rings is 1. The molecule has 1 aliphatic heterocycles. The van der Waals surface area contributed by atoms with Gasteiger partial charge in [-0.25, -0.2) is 0 Å². The monoisotopic (exact) mass is 247 g/mol. The first-order valence-corrected chi connectivity index (χ1v) is 6.03. The van der Waals surface area contributed by atoms with Crippen LogP contribution in [0.5, 0.6) is 0 Å². The quantitative estimate of drug-likeness (QED) is 0.587. The van der Waals surface area contributed by atoms with Gasteiger partial charge >= 0.3 is 0 Å². The Labute approximate surface area is 106 Å². The molecule has 0 aliphatic carbocycles. The maximum atomic E-state index is 11.2. The average molecular weight is 247 g/mol. The maximum Gasteiger partial charge on any atom is 0.240 e. The van der Waals surface area contributed by atoms with Gasteiger partial charge in [0, 0.05) is 5.69 Å². The highest BCUT2D eigenvalue weighted by Gasteiger charge is 2.21. The molecule has 1 aliphatic rings. The lowest BCUT2D eigenvalue weighted by atomic mass is 10.1. The van der Waals surface area contributed by atoms with Gasteiger partial charge in [0.25, 0.3) is 0 Å². The Morgan fingerprint density at radius 3 is 2.33 bits per heavy atom. The van der Waals surface area contributed by atoms with E-state index in [1.165, 1.54) is 5.56 Å². The standard InChI is InChI=1S/C13H17N3O2/c14-11-5-3-10(4-6-11)2-1-7-16-8-12(17)15-13(18)9-16/h3-6H,1-2,7-9,14H2,(H,15,17,18). The second-order valence-electron chi connectivity index (χ2n) is 4.53. The number of anilines is 1. The molecular formula is C13H17N3O2. The number of nitrogens with two attached hydrogens (primary N) is 1. The summed E-state index contributed by atoms with van der Waals surface area (Å²) in [7, 11) is 0. The lowest BCUT2D eigenvalue weighted by Gasteiger charge is -2.24. The minimum atomic E-state index is -0.210. The van der Waals surface area contributed by atoms with E-state index in [1.54, 1.807) is 0 Å². The first kappa shape index (κ1) is 12.6. The molecule has 2 amide bonds. The molecule has 1 fully saturated rings. The minimum Gasteiger partial charge on any atom is -0.399 e. The molecule has 0 bridgehead atoms. The van der Waals surface area contributed by atoms with Crippen LogP contribution < -0.4 is 11.1 Å². The van der Waals surface area contributed by atoms with Gasteiger partial charge in [-0.2, -0.15) is 0 Å². The second kappa shape index (κ2) is 5.64. The third-order valence-electron chi connectivity index (χ3n) is 2.93. The van der Waals surface area contributed by atoms with Crippen molar-refractivity contribution >= 4 is 17.5 Å². The fourth-order valence-electron chi connectivity index (χ4n) is 2.05. The molecule has 96 valence electrons. The SMILES string of the molecule is Nc1ccc(CCCN2CC(=O)NC(=O)C2)cc1. The van der Waals surface area contributed by atoms with E-state index in [-0.39, 0.29) is 11.8 Å². The molecule has 2 rings (SSSR count). The van der Waals surface area contributed by atoms with Crippen LogP contribution in [0.3, 0.4) is 0 Å². The van der Waals surface area contributed by atoms with Gasteiger partial charge in [0.1, 0.15) is 0 Å². The normalized spacial score (nSPS) is 16.7. The number of hydrogen-bond donors (Lipinski definition) is 2. The summed E-state index contributed by atoms with van der Waals surface area (Å²) in [4.78, 5) is 24.2. The van der Waals surface area contributed by atoms with Crippen LogP contribution in [-0.2, 0) is 16.0 Å². The topological polar surface area (TPSA) is 75.4 Å². The number of amides is 2. The van der Waals surface area contributed by atoms with Crippen molar-refractivity contribution in [1.82, 2.24) is 10.2 Å². The largest absolute Gasteiger partial charge is 0.399 e. The molecule has 5 nitrogen and oxygen atoms in total. The number of benzene rings is 1. The minimum absolute atomic E-state index is 0.210. The number of nitrogen functional groups attached to an aromatic ring is 1. The Bertz CT molecular complexity index is 426. The summed E-state index contributed by atoms with van der Waals surface area (Å²) in [6.07, 6.45) is 1.84. The van der Waals surface area contributed by atoms with Gasteiger partial charge in [-0.15, -0.1) is 0 Å². The molecule has 1 saturated heterocycles. The van der Waals surface area contributed by atoms with Crippen molar-refractivity contribution in [3.8, 4) is 0 Å². The molecule has 1 heterocycles. The zero-order valence-electron chi connectivity index (χ0n) is 10.2. The van der Waals surface area contributed by atoms with Crippen molar-refractivity contribution in [2.24, 2.45) is 0 Å². The van der Waals surface area contributed by atoms with E-state index in [2.05, 4.69) is 5.32 Å². The third kappa shape index (κ3) is 3.56. The number of nitrogens with one attached hydrogen (secondary N) is 1. The van der Waals surface area contributed by atoms with Gasteiger partial charge in [0.2, 0.25) is 11.8 Å². The van der Waals surface area contributed by atoms with Crippen molar-refractivity contribution in [1.29, 1.82) is 0 Å². The van der Waals surface area contributed by atoms with Crippen molar-refractivity contribution < 1.29 is 9.59 Å². The van der Waals surface area contributed by atoms with Gasteiger partial charge in [-0.3, -0.25) is 19.8 Å². The molecule has 0 saturated carbocycles. The molecule has 3 N–H and O–H groups in total. The average Bonchev–Trinajstić information content (AvgIpc) is 2.30. The van der Waals surface area contributed by atoms with E-state index < -0.39 is 0 Å². The molecular weight excluding hydrogens is 230 g/mol. The number of carbonyl (C=O) groups excluding carboxylic acids is 2. The van der Waals surface area contributed by atoms with Gasteiger partial charge in [-0.05, 0) is 37.1 Å². The highest BCUT2D eigenvalue weighted by molar-refractivity contribution is 5.99.